The third-order valence-electron chi connectivity index (χ3n) is 3.52. The molecule has 1 aliphatic heterocycles. The van der Waals surface area contributed by atoms with Crippen molar-refractivity contribution in [3.8, 4) is 0 Å². The Morgan fingerprint density at radius 3 is 2.67 bits per heavy atom. The number of hydrogen-bond donors (Lipinski definition) is 0. The van der Waals surface area contributed by atoms with E-state index < -0.39 is 0 Å². The summed E-state index contributed by atoms with van der Waals surface area (Å²) in [6, 6.07) is 7.55. The van der Waals surface area contributed by atoms with E-state index in [1.54, 1.807) is 0 Å². The normalized spacial score (nSPS) is 17.6. The molecule has 21 heavy (non-hydrogen) atoms. The van der Waals surface area contributed by atoms with Gasteiger partial charge in [0, 0.05) is 23.9 Å². The van der Waals surface area contributed by atoms with Crippen molar-refractivity contribution in [2.45, 2.75) is 33.3 Å². The Labute approximate surface area is 130 Å². The van der Waals surface area contributed by atoms with Gasteiger partial charge in [-0.1, -0.05) is 42.7 Å². The average Bonchev–Trinajstić information content (AvgIpc) is 2.93. The lowest BCUT2D eigenvalue weighted by Crippen LogP contribution is -2.39. The smallest absolute Gasteiger partial charge is 0.225 e. The molecule has 0 N–H and O–H groups in total. The van der Waals surface area contributed by atoms with Crippen LogP contribution in [-0.2, 0) is 9.63 Å². The molecule has 1 atom stereocenters. The number of halogens is 1. The minimum Gasteiger partial charge on any atom is -0.390 e. The third-order valence-corrected chi connectivity index (χ3v) is 3.77. The van der Waals surface area contributed by atoms with Gasteiger partial charge in [-0.2, -0.15) is 0 Å². The highest BCUT2D eigenvalue weighted by Crippen LogP contribution is 2.19. The van der Waals surface area contributed by atoms with Gasteiger partial charge in [0.25, 0.3) is 0 Å². The highest BCUT2D eigenvalue weighted by molar-refractivity contribution is 6.30. The van der Waals surface area contributed by atoms with E-state index in [-0.39, 0.29) is 17.9 Å². The molecule has 0 spiro atoms. The maximum atomic E-state index is 12.1. The first-order chi connectivity index (χ1) is 10.0. The number of rotatable bonds is 5. The summed E-state index contributed by atoms with van der Waals surface area (Å²) in [6.45, 7) is 7.07. The van der Waals surface area contributed by atoms with Gasteiger partial charge < -0.3 is 9.74 Å². The Balaban J connectivity index is 1.95. The first kappa shape index (κ1) is 15.8. The fourth-order valence-corrected chi connectivity index (χ4v) is 2.45. The molecule has 0 aliphatic carbocycles. The molecule has 1 amide bonds. The lowest BCUT2D eigenvalue weighted by molar-refractivity contribution is -0.136. The van der Waals surface area contributed by atoms with E-state index >= 15 is 0 Å². The van der Waals surface area contributed by atoms with Crippen LogP contribution in [0.15, 0.2) is 29.4 Å². The second-order valence-corrected chi connectivity index (χ2v) is 5.94. The summed E-state index contributed by atoms with van der Waals surface area (Å²) in [6.07, 6.45) is 0.641. The fraction of sp³-hybridized carbons (Fsp3) is 0.500. The molecule has 0 aromatic heterocycles. The standard InChI is InChI=1S/C16H21ClN2O2/c1-4-19(16(20)11(2)3)10-14-9-15(18-21-14)12-5-7-13(17)8-6-12/h5-8,11,14H,4,9-10H2,1-3H3. The second-order valence-electron chi connectivity index (χ2n) is 5.51. The third kappa shape index (κ3) is 3.97. The molecular formula is C16H21ClN2O2. The molecule has 1 aromatic carbocycles. The molecule has 5 heteroatoms. The lowest BCUT2D eigenvalue weighted by atomic mass is 10.0. The minimum absolute atomic E-state index is 0.00278. The highest BCUT2D eigenvalue weighted by Gasteiger charge is 2.26. The van der Waals surface area contributed by atoms with Crippen LogP contribution in [0.2, 0.25) is 5.02 Å². The number of carbonyl (C=O) groups excluding carboxylic acids is 1. The van der Waals surface area contributed by atoms with Gasteiger partial charge in [0.05, 0.1) is 12.3 Å². The van der Waals surface area contributed by atoms with Crippen molar-refractivity contribution in [3.63, 3.8) is 0 Å². The number of oxime groups is 1. The SMILES string of the molecule is CCN(CC1CC(c2ccc(Cl)cc2)=NO1)C(=O)C(C)C. The molecule has 114 valence electrons. The first-order valence-electron chi connectivity index (χ1n) is 7.28. The number of likely N-dealkylation sites (N-methyl/N-ethyl adjacent to an activating group) is 1. The van der Waals surface area contributed by atoms with Gasteiger partial charge in [-0.25, -0.2) is 0 Å². The van der Waals surface area contributed by atoms with Gasteiger partial charge in [0.1, 0.15) is 0 Å². The van der Waals surface area contributed by atoms with Crippen LogP contribution in [-0.4, -0.2) is 35.7 Å². The molecule has 4 nitrogen and oxygen atoms in total. The monoisotopic (exact) mass is 308 g/mol. The lowest BCUT2D eigenvalue weighted by Gasteiger charge is -2.24. The molecule has 0 saturated heterocycles. The number of amides is 1. The Bertz CT molecular complexity index is 526. The summed E-state index contributed by atoms with van der Waals surface area (Å²) in [7, 11) is 0. The average molecular weight is 309 g/mol. The Hall–Kier alpha value is -1.55. The van der Waals surface area contributed by atoms with Crippen LogP contribution in [0.3, 0.4) is 0 Å². The zero-order chi connectivity index (χ0) is 15.4. The van der Waals surface area contributed by atoms with Crippen molar-refractivity contribution in [3.05, 3.63) is 34.9 Å². The van der Waals surface area contributed by atoms with Gasteiger partial charge in [0.2, 0.25) is 5.91 Å². The van der Waals surface area contributed by atoms with Gasteiger partial charge in [0.15, 0.2) is 6.10 Å². The predicted molar refractivity (Wildman–Crippen MR) is 84.6 cm³/mol. The van der Waals surface area contributed by atoms with Crippen molar-refractivity contribution in [1.82, 2.24) is 4.90 Å². The summed E-state index contributed by atoms with van der Waals surface area (Å²) in [5.74, 6) is 0.157. The molecule has 0 bridgehead atoms. The number of benzene rings is 1. The van der Waals surface area contributed by atoms with Crippen LogP contribution in [0.5, 0.6) is 0 Å². The van der Waals surface area contributed by atoms with Crippen LogP contribution in [0.4, 0.5) is 0 Å². The fourth-order valence-electron chi connectivity index (χ4n) is 2.32. The molecule has 1 aromatic rings. The molecule has 1 aliphatic rings. The van der Waals surface area contributed by atoms with Crippen molar-refractivity contribution in [2.75, 3.05) is 13.1 Å². The zero-order valence-electron chi connectivity index (χ0n) is 12.7. The summed E-state index contributed by atoms with van der Waals surface area (Å²) >= 11 is 5.88. The number of nitrogens with zero attached hydrogens (tertiary/aromatic N) is 2. The molecule has 1 unspecified atom stereocenters. The van der Waals surface area contributed by atoms with Gasteiger partial charge >= 0.3 is 0 Å². The van der Waals surface area contributed by atoms with Crippen LogP contribution < -0.4 is 0 Å². The largest absolute Gasteiger partial charge is 0.390 e. The molecular weight excluding hydrogens is 288 g/mol. The summed E-state index contributed by atoms with van der Waals surface area (Å²) < 4.78 is 0. The van der Waals surface area contributed by atoms with E-state index in [1.165, 1.54) is 0 Å². The topological polar surface area (TPSA) is 41.9 Å². The van der Waals surface area contributed by atoms with E-state index in [2.05, 4.69) is 5.16 Å². The van der Waals surface area contributed by atoms with Crippen LogP contribution in [0, 0.1) is 5.92 Å². The van der Waals surface area contributed by atoms with Gasteiger partial charge in [-0.05, 0) is 24.6 Å². The van der Waals surface area contributed by atoms with E-state index in [0.717, 1.165) is 11.3 Å². The molecule has 0 saturated carbocycles. The van der Waals surface area contributed by atoms with Gasteiger partial charge in [-0.3, -0.25) is 4.79 Å². The van der Waals surface area contributed by atoms with Crippen molar-refractivity contribution in [2.24, 2.45) is 11.1 Å². The Kier molecular flexibility index (Phi) is 5.23. The predicted octanol–water partition coefficient (Wildman–Crippen LogP) is 3.34. The van der Waals surface area contributed by atoms with Crippen molar-refractivity contribution < 1.29 is 9.63 Å². The highest BCUT2D eigenvalue weighted by atomic mass is 35.5. The van der Waals surface area contributed by atoms with E-state index in [1.807, 2.05) is 49.9 Å². The van der Waals surface area contributed by atoms with Crippen molar-refractivity contribution >= 4 is 23.2 Å². The van der Waals surface area contributed by atoms with Gasteiger partial charge in [-0.15, -0.1) is 0 Å². The summed E-state index contributed by atoms with van der Waals surface area (Å²) in [5.41, 5.74) is 1.92. The number of carbonyl (C=O) groups is 1. The van der Waals surface area contributed by atoms with E-state index in [9.17, 15) is 4.79 Å². The first-order valence-corrected chi connectivity index (χ1v) is 7.66. The van der Waals surface area contributed by atoms with E-state index in [4.69, 9.17) is 16.4 Å². The Morgan fingerprint density at radius 2 is 2.10 bits per heavy atom. The van der Waals surface area contributed by atoms with Crippen molar-refractivity contribution in [1.29, 1.82) is 0 Å². The number of hydrogen-bond acceptors (Lipinski definition) is 3. The Morgan fingerprint density at radius 1 is 1.43 bits per heavy atom. The second kappa shape index (κ2) is 6.94. The summed E-state index contributed by atoms with van der Waals surface area (Å²) in [5, 5.41) is 4.85. The molecule has 0 fully saturated rings. The van der Waals surface area contributed by atoms with Crippen LogP contribution in [0.1, 0.15) is 32.8 Å². The van der Waals surface area contributed by atoms with Crippen LogP contribution >= 0.6 is 11.6 Å². The zero-order valence-corrected chi connectivity index (χ0v) is 13.4. The minimum atomic E-state index is -0.0710. The molecule has 0 radical (unpaired) electrons. The maximum absolute atomic E-state index is 12.1. The van der Waals surface area contributed by atoms with E-state index in [0.29, 0.717) is 24.5 Å². The van der Waals surface area contributed by atoms with Crippen LogP contribution in [0.25, 0.3) is 0 Å². The molecule has 2 rings (SSSR count). The summed E-state index contributed by atoms with van der Waals surface area (Å²) in [4.78, 5) is 19.4. The molecule has 1 heterocycles. The quantitative estimate of drug-likeness (QED) is 0.837. The maximum Gasteiger partial charge on any atom is 0.225 e.